The lowest BCUT2D eigenvalue weighted by Crippen LogP contribution is -2.21. The summed E-state index contributed by atoms with van der Waals surface area (Å²) in [5.74, 6) is 0. The van der Waals surface area contributed by atoms with Gasteiger partial charge in [-0.2, -0.15) is 0 Å². The van der Waals surface area contributed by atoms with Crippen LogP contribution in [0.5, 0.6) is 0 Å². The molecule has 1 unspecified atom stereocenters. The molecule has 0 radical (unpaired) electrons. The van der Waals surface area contributed by atoms with Crippen molar-refractivity contribution in [1.82, 2.24) is 0 Å². The van der Waals surface area contributed by atoms with Crippen LogP contribution in [0.15, 0.2) is 36.4 Å². The third-order valence-electron chi connectivity index (χ3n) is 3.21. The molecule has 2 aromatic carbocycles. The molecular formula is C15H16O2. The summed E-state index contributed by atoms with van der Waals surface area (Å²) in [6.45, 7) is 4.18. The Morgan fingerprint density at radius 1 is 1.00 bits per heavy atom. The highest BCUT2D eigenvalue weighted by Gasteiger charge is 2.16. The van der Waals surface area contributed by atoms with Gasteiger partial charge >= 0.3 is 0 Å². The normalized spacial score (nSPS) is 20.6. The van der Waals surface area contributed by atoms with Gasteiger partial charge < -0.3 is 9.47 Å². The third-order valence-corrected chi connectivity index (χ3v) is 3.21. The summed E-state index contributed by atoms with van der Waals surface area (Å²) >= 11 is 0. The lowest BCUT2D eigenvalue weighted by molar-refractivity contribution is -0.0901. The van der Waals surface area contributed by atoms with Gasteiger partial charge in [0, 0.05) is 0 Å². The minimum Gasteiger partial charge on any atom is -0.376 e. The monoisotopic (exact) mass is 228 g/mol. The Morgan fingerprint density at radius 2 is 1.82 bits per heavy atom. The smallest absolute Gasteiger partial charge is 0.106 e. The van der Waals surface area contributed by atoms with E-state index in [0.717, 1.165) is 0 Å². The molecule has 0 aliphatic carbocycles. The van der Waals surface area contributed by atoms with E-state index in [1.54, 1.807) is 0 Å². The predicted octanol–water partition coefficient (Wildman–Crippen LogP) is 3.24. The first-order valence-corrected chi connectivity index (χ1v) is 6.02. The summed E-state index contributed by atoms with van der Waals surface area (Å²) in [4.78, 5) is 0. The van der Waals surface area contributed by atoms with Crippen molar-refractivity contribution in [2.45, 2.75) is 13.0 Å². The maximum Gasteiger partial charge on any atom is 0.106 e. The Hall–Kier alpha value is -1.38. The van der Waals surface area contributed by atoms with Crippen LogP contribution in [-0.4, -0.2) is 19.8 Å². The van der Waals surface area contributed by atoms with E-state index in [0.29, 0.717) is 19.8 Å². The van der Waals surface area contributed by atoms with Gasteiger partial charge in [-0.25, -0.2) is 0 Å². The van der Waals surface area contributed by atoms with Gasteiger partial charge in [-0.1, -0.05) is 35.9 Å². The molecule has 0 aromatic heterocycles. The van der Waals surface area contributed by atoms with E-state index < -0.39 is 0 Å². The van der Waals surface area contributed by atoms with E-state index in [4.69, 9.17) is 9.47 Å². The minimum absolute atomic E-state index is 0.0921. The number of benzene rings is 2. The first kappa shape index (κ1) is 10.8. The third kappa shape index (κ3) is 2.19. The highest BCUT2D eigenvalue weighted by Crippen LogP contribution is 2.25. The molecule has 2 aromatic rings. The van der Waals surface area contributed by atoms with E-state index in [1.807, 2.05) is 0 Å². The summed E-state index contributed by atoms with van der Waals surface area (Å²) in [5.41, 5.74) is 2.50. The zero-order chi connectivity index (χ0) is 11.7. The lowest BCUT2D eigenvalue weighted by Gasteiger charge is -2.23. The van der Waals surface area contributed by atoms with Crippen molar-refractivity contribution in [3.8, 4) is 0 Å². The average Bonchev–Trinajstić information content (AvgIpc) is 2.39. The molecule has 0 bridgehead atoms. The number of fused-ring (bicyclic) bond motifs is 1. The van der Waals surface area contributed by atoms with Gasteiger partial charge in [0.05, 0.1) is 19.8 Å². The fourth-order valence-electron chi connectivity index (χ4n) is 2.26. The van der Waals surface area contributed by atoms with Crippen molar-refractivity contribution in [2.24, 2.45) is 0 Å². The Morgan fingerprint density at radius 3 is 2.65 bits per heavy atom. The molecule has 1 heterocycles. The molecule has 1 aliphatic rings. The topological polar surface area (TPSA) is 18.5 Å². The van der Waals surface area contributed by atoms with Crippen LogP contribution in [-0.2, 0) is 9.47 Å². The first-order chi connectivity index (χ1) is 8.33. The van der Waals surface area contributed by atoms with E-state index in [1.165, 1.54) is 21.9 Å². The van der Waals surface area contributed by atoms with Crippen molar-refractivity contribution in [3.63, 3.8) is 0 Å². The molecular weight excluding hydrogens is 212 g/mol. The lowest BCUT2D eigenvalue weighted by atomic mass is 10.0. The number of hydrogen-bond acceptors (Lipinski definition) is 2. The van der Waals surface area contributed by atoms with E-state index in [2.05, 4.69) is 43.3 Å². The van der Waals surface area contributed by atoms with Gasteiger partial charge in [0.25, 0.3) is 0 Å². The maximum absolute atomic E-state index is 5.71. The van der Waals surface area contributed by atoms with Gasteiger partial charge in [0.15, 0.2) is 0 Å². The van der Waals surface area contributed by atoms with Crippen LogP contribution in [0.1, 0.15) is 17.2 Å². The van der Waals surface area contributed by atoms with Crippen LogP contribution >= 0.6 is 0 Å². The molecule has 1 saturated heterocycles. The Labute approximate surface area is 101 Å². The summed E-state index contributed by atoms with van der Waals surface area (Å²) in [5, 5.41) is 2.55. The molecule has 2 heteroatoms. The molecule has 1 atom stereocenters. The molecule has 3 rings (SSSR count). The average molecular weight is 228 g/mol. The molecule has 0 spiro atoms. The second kappa shape index (κ2) is 4.47. The van der Waals surface area contributed by atoms with Crippen molar-refractivity contribution >= 4 is 10.8 Å². The Balaban J connectivity index is 1.98. The zero-order valence-corrected chi connectivity index (χ0v) is 9.98. The number of aryl methyl sites for hydroxylation is 1. The van der Waals surface area contributed by atoms with E-state index in [-0.39, 0.29) is 6.10 Å². The largest absolute Gasteiger partial charge is 0.376 e. The fraction of sp³-hybridized carbons (Fsp3) is 0.333. The first-order valence-electron chi connectivity index (χ1n) is 6.02. The van der Waals surface area contributed by atoms with Crippen LogP contribution in [0.4, 0.5) is 0 Å². The Bertz CT molecular complexity index is 527. The van der Waals surface area contributed by atoms with Gasteiger partial charge in [-0.15, -0.1) is 0 Å². The number of rotatable bonds is 1. The van der Waals surface area contributed by atoms with E-state index in [9.17, 15) is 0 Å². The second-order valence-electron chi connectivity index (χ2n) is 4.54. The summed E-state index contributed by atoms with van der Waals surface area (Å²) in [6, 6.07) is 13.0. The molecule has 1 aliphatic heterocycles. The van der Waals surface area contributed by atoms with Crippen LogP contribution in [0.3, 0.4) is 0 Å². The van der Waals surface area contributed by atoms with Gasteiger partial charge in [0.2, 0.25) is 0 Å². The van der Waals surface area contributed by atoms with Crippen LogP contribution in [0.2, 0.25) is 0 Å². The quantitative estimate of drug-likeness (QED) is 0.746. The summed E-state index contributed by atoms with van der Waals surface area (Å²) < 4.78 is 11.2. The number of hydrogen-bond donors (Lipinski definition) is 0. The minimum atomic E-state index is 0.0921. The highest BCUT2D eigenvalue weighted by atomic mass is 16.6. The zero-order valence-electron chi connectivity index (χ0n) is 9.98. The maximum atomic E-state index is 5.71. The number of ether oxygens (including phenoxy) is 2. The Kier molecular flexibility index (Phi) is 2.83. The van der Waals surface area contributed by atoms with Crippen molar-refractivity contribution in [1.29, 1.82) is 0 Å². The highest BCUT2D eigenvalue weighted by molar-refractivity contribution is 5.83. The molecule has 0 N–H and O–H groups in total. The van der Waals surface area contributed by atoms with Crippen molar-refractivity contribution in [2.75, 3.05) is 19.8 Å². The van der Waals surface area contributed by atoms with Crippen LogP contribution in [0, 0.1) is 6.92 Å². The molecule has 88 valence electrons. The van der Waals surface area contributed by atoms with E-state index >= 15 is 0 Å². The molecule has 0 saturated carbocycles. The van der Waals surface area contributed by atoms with Gasteiger partial charge in [0.1, 0.15) is 6.10 Å². The summed E-state index contributed by atoms with van der Waals surface area (Å²) in [6.07, 6.45) is 0.0921. The second-order valence-corrected chi connectivity index (χ2v) is 4.54. The van der Waals surface area contributed by atoms with Crippen molar-refractivity contribution < 1.29 is 9.47 Å². The summed E-state index contributed by atoms with van der Waals surface area (Å²) in [7, 11) is 0. The van der Waals surface area contributed by atoms with Crippen LogP contribution in [0.25, 0.3) is 10.8 Å². The van der Waals surface area contributed by atoms with Gasteiger partial charge in [-0.05, 0) is 29.3 Å². The fourth-order valence-corrected chi connectivity index (χ4v) is 2.26. The van der Waals surface area contributed by atoms with Gasteiger partial charge in [-0.3, -0.25) is 0 Å². The standard InChI is InChI=1S/C15H16O2/c1-11-2-3-13-9-14(5-4-12(13)8-11)15-10-16-6-7-17-15/h2-5,8-9,15H,6-7,10H2,1H3. The molecule has 2 nitrogen and oxygen atoms in total. The van der Waals surface area contributed by atoms with Crippen molar-refractivity contribution in [3.05, 3.63) is 47.5 Å². The molecule has 0 amide bonds. The SMILES string of the molecule is Cc1ccc2cc(C3COCCO3)ccc2c1. The molecule has 17 heavy (non-hydrogen) atoms. The molecule has 1 fully saturated rings. The predicted molar refractivity (Wildman–Crippen MR) is 68.2 cm³/mol. The van der Waals surface area contributed by atoms with Crippen LogP contribution < -0.4 is 0 Å².